The molecule has 0 saturated heterocycles. The second-order valence-corrected chi connectivity index (χ2v) is 13.0. The van der Waals surface area contributed by atoms with Gasteiger partial charge in [-0.2, -0.15) is 0 Å². The molecule has 0 spiro atoms. The van der Waals surface area contributed by atoms with Crippen molar-refractivity contribution in [3.05, 3.63) is 163 Å². The Bertz CT molecular complexity index is 2390. The van der Waals surface area contributed by atoms with E-state index in [9.17, 15) is 0 Å². The number of fused-ring (bicyclic) bond motifs is 2. The highest BCUT2D eigenvalue weighted by atomic mass is 32.2. The summed E-state index contributed by atoms with van der Waals surface area (Å²) in [6, 6.07) is 55.5. The molecule has 8 rings (SSSR count). The number of hydrogen-bond acceptors (Lipinski definition) is 4. The smallest absolute Gasteiger partial charge is 0.118 e. The van der Waals surface area contributed by atoms with Crippen molar-refractivity contribution in [3.63, 3.8) is 0 Å². The lowest BCUT2D eigenvalue weighted by atomic mass is 9.98. The zero-order chi connectivity index (χ0) is 32.5. The standard InChI is InChI=1S/C44H32N2OS/c1-29-13-15-32(16-14-29)43-27-37(30-9-5-3-6-10-30)39-25-35(21-23-41(39)45-43)48-36-22-24-42-40(26-36)38(31-11-7-4-8-12-31)28-44(46-42)33-17-19-34(47-2)20-18-33/h3-28H,1-2H3. The van der Waals surface area contributed by atoms with E-state index in [4.69, 9.17) is 14.7 Å². The van der Waals surface area contributed by atoms with Crippen LogP contribution in [0.3, 0.4) is 0 Å². The molecule has 0 fully saturated rings. The Morgan fingerprint density at radius 2 is 0.917 bits per heavy atom. The number of pyridine rings is 2. The molecule has 0 unspecified atom stereocenters. The molecule has 0 amide bonds. The van der Waals surface area contributed by atoms with Gasteiger partial charge in [-0.25, -0.2) is 9.97 Å². The normalized spacial score (nSPS) is 11.2. The van der Waals surface area contributed by atoms with Crippen molar-refractivity contribution in [2.75, 3.05) is 7.11 Å². The molecule has 4 heteroatoms. The fourth-order valence-electron chi connectivity index (χ4n) is 6.17. The van der Waals surface area contributed by atoms with Crippen LogP contribution in [0.1, 0.15) is 5.56 Å². The first-order chi connectivity index (χ1) is 23.6. The maximum atomic E-state index is 5.38. The van der Waals surface area contributed by atoms with E-state index >= 15 is 0 Å². The summed E-state index contributed by atoms with van der Waals surface area (Å²) in [6.07, 6.45) is 0. The molecule has 8 aromatic rings. The summed E-state index contributed by atoms with van der Waals surface area (Å²) in [5.74, 6) is 0.830. The van der Waals surface area contributed by atoms with Crippen molar-refractivity contribution >= 4 is 33.6 Å². The van der Waals surface area contributed by atoms with Gasteiger partial charge in [0.25, 0.3) is 0 Å². The minimum Gasteiger partial charge on any atom is -0.497 e. The van der Waals surface area contributed by atoms with Crippen LogP contribution in [0.2, 0.25) is 0 Å². The van der Waals surface area contributed by atoms with Crippen LogP contribution in [0.25, 0.3) is 66.6 Å². The maximum absolute atomic E-state index is 5.38. The Morgan fingerprint density at radius 1 is 0.458 bits per heavy atom. The predicted molar refractivity (Wildman–Crippen MR) is 201 cm³/mol. The fourth-order valence-corrected chi connectivity index (χ4v) is 7.07. The zero-order valence-corrected chi connectivity index (χ0v) is 27.5. The summed E-state index contributed by atoms with van der Waals surface area (Å²) < 4.78 is 5.38. The second kappa shape index (κ2) is 12.8. The van der Waals surface area contributed by atoms with E-state index in [1.165, 1.54) is 16.7 Å². The molecule has 3 nitrogen and oxygen atoms in total. The van der Waals surface area contributed by atoms with Gasteiger partial charge in [0.1, 0.15) is 5.75 Å². The van der Waals surface area contributed by atoms with Crippen molar-refractivity contribution in [3.8, 4) is 50.5 Å². The van der Waals surface area contributed by atoms with Crippen LogP contribution in [0.15, 0.2) is 168 Å². The third-order valence-corrected chi connectivity index (χ3v) is 9.68. The lowest BCUT2D eigenvalue weighted by Gasteiger charge is -2.13. The molecule has 6 aromatic carbocycles. The number of nitrogens with zero attached hydrogens (tertiary/aromatic N) is 2. The van der Waals surface area contributed by atoms with Crippen LogP contribution in [0.4, 0.5) is 0 Å². The van der Waals surface area contributed by atoms with Crippen LogP contribution in [-0.4, -0.2) is 17.1 Å². The van der Waals surface area contributed by atoms with Gasteiger partial charge in [0.05, 0.1) is 29.5 Å². The molecule has 2 heterocycles. The van der Waals surface area contributed by atoms with Crippen LogP contribution >= 0.6 is 11.8 Å². The fraction of sp³-hybridized carbons (Fsp3) is 0.0455. The van der Waals surface area contributed by atoms with Crippen LogP contribution in [0, 0.1) is 6.92 Å². The molecule has 0 aliphatic heterocycles. The third kappa shape index (κ3) is 5.94. The number of ether oxygens (including phenoxy) is 1. The molecule has 0 aliphatic carbocycles. The van der Waals surface area contributed by atoms with E-state index in [2.05, 4.69) is 153 Å². The van der Waals surface area contributed by atoms with Gasteiger partial charge in [-0.15, -0.1) is 0 Å². The molecule has 0 N–H and O–H groups in total. The zero-order valence-electron chi connectivity index (χ0n) is 26.7. The van der Waals surface area contributed by atoms with Gasteiger partial charge in [0.15, 0.2) is 0 Å². The van der Waals surface area contributed by atoms with E-state index in [-0.39, 0.29) is 0 Å². The summed E-state index contributed by atoms with van der Waals surface area (Å²) >= 11 is 1.76. The lowest BCUT2D eigenvalue weighted by Crippen LogP contribution is -1.91. The Balaban J connectivity index is 1.21. The highest BCUT2D eigenvalue weighted by Crippen LogP contribution is 2.39. The van der Waals surface area contributed by atoms with Crippen LogP contribution < -0.4 is 4.74 Å². The Labute approximate surface area is 284 Å². The topological polar surface area (TPSA) is 35.0 Å². The molecule has 230 valence electrons. The Kier molecular flexibility index (Phi) is 7.93. The highest BCUT2D eigenvalue weighted by molar-refractivity contribution is 7.99. The summed E-state index contributed by atoms with van der Waals surface area (Å²) in [7, 11) is 1.69. The molecule has 0 atom stereocenters. The summed E-state index contributed by atoms with van der Waals surface area (Å²) in [6.45, 7) is 2.11. The van der Waals surface area contributed by atoms with E-state index < -0.39 is 0 Å². The van der Waals surface area contributed by atoms with Gasteiger partial charge >= 0.3 is 0 Å². The number of benzene rings is 6. The maximum Gasteiger partial charge on any atom is 0.118 e. The van der Waals surface area contributed by atoms with E-state index in [0.29, 0.717) is 0 Å². The summed E-state index contributed by atoms with van der Waals surface area (Å²) in [5, 5.41) is 2.26. The van der Waals surface area contributed by atoms with E-state index in [1.807, 2.05) is 12.1 Å². The van der Waals surface area contributed by atoms with Crippen molar-refractivity contribution in [1.29, 1.82) is 0 Å². The molecular formula is C44H32N2OS. The quantitative estimate of drug-likeness (QED) is 0.174. The van der Waals surface area contributed by atoms with E-state index in [1.54, 1.807) is 18.9 Å². The minimum absolute atomic E-state index is 0.830. The highest BCUT2D eigenvalue weighted by Gasteiger charge is 2.14. The summed E-state index contributed by atoms with van der Waals surface area (Å²) in [5.41, 5.74) is 11.9. The first kappa shape index (κ1) is 29.7. The number of rotatable bonds is 7. The average Bonchev–Trinajstić information content (AvgIpc) is 3.15. The number of aromatic nitrogens is 2. The van der Waals surface area contributed by atoms with Crippen LogP contribution in [-0.2, 0) is 0 Å². The predicted octanol–water partition coefficient (Wildman–Crippen LogP) is 11.9. The van der Waals surface area contributed by atoms with Gasteiger partial charge in [0, 0.05) is 31.7 Å². The largest absolute Gasteiger partial charge is 0.497 e. The Hall–Kier alpha value is -5.71. The first-order valence-electron chi connectivity index (χ1n) is 16.0. The van der Waals surface area contributed by atoms with Gasteiger partial charge < -0.3 is 4.74 Å². The number of hydrogen-bond donors (Lipinski definition) is 0. The van der Waals surface area contributed by atoms with Crippen molar-refractivity contribution in [2.24, 2.45) is 0 Å². The number of aryl methyl sites for hydroxylation is 1. The van der Waals surface area contributed by atoms with Crippen molar-refractivity contribution < 1.29 is 4.74 Å². The van der Waals surface area contributed by atoms with Gasteiger partial charge in [-0.1, -0.05) is 102 Å². The molecule has 0 aliphatic rings. The molecule has 2 aromatic heterocycles. The van der Waals surface area contributed by atoms with Gasteiger partial charge in [-0.05, 0) is 102 Å². The summed E-state index contributed by atoms with van der Waals surface area (Å²) in [4.78, 5) is 12.5. The molecular weight excluding hydrogens is 605 g/mol. The van der Waals surface area contributed by atoms with E-state index in [0.717, 1.165) is 71.0 Å². The van der Waals surface area contributed by atoms with Crippen molar-refractivity contribution in [2.45, 2.75) is 16.7 Å². The third-order valence-electron chi connectivity index (χ3n) is 8.70. The molecule has 0 saturated carbocycles. The average molecular weight is 637 g/mol. The van der Waals surface area contributed by atoms with Gasteiger partial charge in [-0.3, -0.25) is 0 Å². The molecule has 0 radical (unpaired) electrons. The first-order valence-corrected chi connectivity index (χ1v) is 16.8. The SMILES string of the molecule is COc1ccc(-c2cc(-c3ccccc3)c3cc(Sc4ccc5nc(-c6ccc(C)cc6)cc(-c6ccccc6)c5c4)ccc3n2)cc1. The number of methoxy groups -OCH3 is 1. The monoisotopic (exact) mass is 636 g/mol. The van der Waals surface area contributed by atoms with Crippen LogP contribution in [0.5, 0.6) is 5.75 Å². The second-order valence-electron chi connectivity index (χ2n) is 11.9. The minimum atomic E-state index is 0.830. The van der Waals surface area contributed by atoms with Crippen molar-refractivity contribution in [1.82, 2.24) is 9.97 Å². The lowest BCUT2D eigenvalue weighted by molar-refractivity contribution is 0.415. The molecule has 0 bridgehead atoms. The molecule has 48 heavy (non-hydrogen) atoms. The van der Waals surface area contributed by atoms with Gasteiger partial charge in [0.2, 0.25) is 0 Å². The Morgan fingerprint density at radius 3 is 1.38 bits per heavy atom.